The quantitative estimate of drug-likeness (QED) is 0.821. The van der Waals surface area contributed by atoms with Crippen molar-refractivity contribution in [3.8, 4) is 0 Å². The number of hydrogen-bond donors (Lipinski definition) is 1. The lowest BCUT2D eigenvalue weighted by Gasteiger charge is -2.14. The molecule has 1 unspecified atom stereocenters. The normalized spacial score (nSPS) is 12.4. The highest BCUT2D eigenvalue weighted by Gasteiger charge is 2.06. The summed E-state index contributed by atoms with van der Waals surface area (Å²) in [7, 11) is 3.58. The molecule has 1 aromatic heterocycles. The first kappa shape index (κ1) is 13.2. The minimum Gasteiger partial charge on any atom is -0.349 e. The van der Waals surface area contributed by atoms with Crippen LogP contribution in [0.1, 0.15) is 18.9 Å². The molecule has 1 heterocycles. The minimum atomic E-state index is 0.176. The van der Waals surface area contributed by atoms with Crippen LogP contribution < -0.4 is 5.32 Å². The maximum atomic E-state index is 11.3. The van der Waals surface area contributed by atoms with E-state index in [9.17, 15) is 4.79 Å². The van der Waals surface area contributed by atoms with Crippen molar-refractivity contribution >= 4 is 17.2 Å². The fourth-order valence-electron chi connectivity index (χ4n) is 1.48. The molecule has 1 amide bonds. The predicted octanol–water partition coefficient (Wildman–Crippen LogP) is 1.75. The van der Waals surface area contributed by atoms with Crippen molar-refractivity contribution in [1.29, 1.82) is 0 Å². The van der Waals surface area contributed by atoms with Crippen molar-refractivity contribution in [3.63, 3.8) is 0 Å². The van der Waals surface area contributed by atoms with Crippen molar-refractivity contribution in [2.24, 2.45) is 0 Å². The van der Waals surface area contributed by atoms with E-state index in [-0.39, 0.29) is 5.91 Å². The van der Waals surface area contributed by atoms with Gasteiger partial charge in [-0.05, 0) is 35.7 Å². The van der Waals surface area contributed by atoms with Crippen LogP contribution in [0.3, 0.4) is 0 Å². The molecule has 0 aliphatic rings. The largest absolute Gasteiger partial charge is 0.349 e. The number of nitrogens with zero attached hydrogens (tertiary/aromatic N) is 1. The van der Waals surface area contributed by atoms with Crippen molar-refractivity contribution in [2.45, 2.75) is 25.8 Å². The fourth-order valence-corrected chi connectivity index (χ4v) is 2.17. The van der Waals surface area contributed by atoms with Crippen LogP contribution >= 0.6 is 11.3 Å². The molecule has 0 saturated carbocycles. The van der Waals surface area contributed by atoms with Crippen LogP contribution in [0.25, 0.3) is 0 Å². The highest BCUT2D eigenvalue weighted by Crippen LogP contribution is 2.08. The summed E-state index contributed by atoms with van der Waals surface area (Å²) in [5.74, 6) is 0.176. The molecule has 0 bridgehead atoms. The summed E-state index contributed by atoms with van der Waals surface area (Å²) in [4.78, 5) is 13.0. The van der Waals surface area contributed by atoms with Gasteiger partial charge in [-0.3, -0.25) is 4.79 Å². The first-order chi connectivity index (χ1) is 7.59. The van der Waals surface area contributed by atoms with E-state index in [2.05, 4.69) is 29.1 Å². The monoisotopic (exact) mass is 240 g/mol. The van der Waals surface area contributed by atoms with Gasteiger partial charge in [-0.15, -0.1) is 0 Å². The molecule has 0 aliphatic carbocycles. The minimum absolute atomic E-state index is 0.176. The second-order valence-corrected chi connectivity index (χ2v) is 5.01. The van der Waals surface area contributed by atoms with Gasteiger partial charge in [-0.1, -0.05) is 0 Å². The van der Waals surface area contributed by atoms with Gasteiger partial charge in [0.25, 0.3) is 0 Å². The molecule has 0 aromatic carbocycles. The summed E-state index contributed by atoms with van der Waals surface area (Å²) in [6.07, 6.45) is 1.60. The number of nitrogens with one attached hydrogen (secondary N) is 1. The number of amides is 1. The van der Waals surface area contributed by atoms with Gasteiger partial charge in [-0.2, -0.15) is 11.3 Å². The zero-order chi connectivity index (χ0) is 12.0. The zero-order valence-corrected chi connectivity index (χ0v) is 11.0. The van der Waals surface area contributed by atoms with Gasteiger partial charge >= 0.3 is 0 Å². The second-order valence-electron chi connectivity index (χ2n) is 4.23. The summed E-state index contributed by atoms with van der Waals surface area (Å²) < 4.78 is 0. The van der Waals surface area contributed by atoms with Crippen LogP contribution in [-0.4, -0.2) is 37.5 Å². The van der Waals surface area contributed by atoms with Crippen molar-refractivity contribution < 1.29 is 4.79 Å². The van der Waals surface area contributed by atoms with Crippen LogP contribution in [0, 0.1) is 0 Å². The van der Waals surface area contributed by atoms with Gasteiger partial charge < -0.3 is 10.2 Å². The Hall–Kier alpha value is -0.870. The topological polar surface area (TPSA) is 32.3 Å². The second kappa shape index (κ2) is 6.66. The van der Waals surface area contributed by atoms with E-state index in [4.69, 9.17) is 0 Å². The molecule has 3 nitrogen and oxygen atoms in total. The Bertz CT molecular complexity index is 309. The lowest BCUT2D eigenvalue weighted by Crippen LogP contribution is -2.32. The molecule has 1 N–H and O–H groups in total. The molecule has 0 aliphatic heterocycles. The van der Waals surface area contributed by atoms with E-state index in [1.807, 2.05) is 0 Å². The van der Waals surface area contributed by atoms with Crippen LogP contribution in [-0.2, 0) is 11.2 Å². The van der Waals surface area contributed by atoms with E-state index in [0.717, 1.165) is 13.0 Å². The Kier molecular flexibility index (Phi) is 5.49. The molecule has 1 rings (SSSR count). The molecule has 90 valence electrons. The number of thiophene rings is 1. The molecule has 0 saturated heterocycles. The lowest BCUT2D eigenvalue weighted by molar-refractivity contribution is -0.128. The van der Waals surface area contributed by atoms with Gasteiger partial charge in [0, 0.05) is 33.1 Å². The van der Waals surface area contributed by atoms with E-state index < -0.39 is 0 Å². The lowest BCUT2D eigenvalue weighted by atomic mass is 10.1. The van der Waals surface area contributed by atoms with E-state index >= 15 is 0 Å². The number of rotatable bonds is 6. The summed E-state index contributed by atoms with van der Waals surface area (Å²) in [5.41, 5.74) is 1.36. The Balaban J connectivity index is 2.16. The third-order valence-corrected chi connectivity index (χ3v) is 3.18. The van der Waals surface area contributed by atoms with Crippen molar-refractivity contribution in [2.75, 3.05) is 20.6 Å². The Labute approximate surface area is 101 Å². The average Bonchev–Trinajstić information content (AvgIpc) is 2.70. The molecule has 16 heavy (non-hydrogen) atoms. The van der Waals surface area contributed by atoms with Gasteiger partial charge in [0.2, 0.25) is 5.91 Å². The maximum Gasteiger partial charge on any atom is 0.223 e. The highest BCUT2D eigenvalue weighted by atomic mass is 32.1. The molecule has 0 spiro atoms. The smallest absolute Gasteiger partial charge is 0.223 e. The van der Waals surface area contributed by atoms with E-state index in [1.165, 1.54) is 5.56 Å². The van der Waals surface area contributed by atoms with Gasteiger partial charge in [0.15, 0.2) is 0 Å². The molecule has 1 aromatic rings. The third-order valence-electron chi connectivity index (χ3n) is 2.45. The van der Waals surface area contributed by atoms with Crippen LogP contribution in [0.4, 0.5) is 0 Å². The summed E-state index contributed by atoms with van der Waals surface area (Å²) >= 11 is 1.73. The number of carbonyl (C=O) groups is 1. The van der Waals surface area contributed by atoms with Crippen LogP contribution in [0.2, 0.25) is 0 Å². The van der Waals surface area contributed by atoms with Gasteiger partial charge in [-0.25, -0.2) is 0 Å². The first-order valence-corrected chi connectivity index (χ1v) is 6.48. The standard InChI is InChI=1S/C12H20N2OS/c1-10(8-11-5-7-16-9-11)13-6-4-12(15)14(2)3/h5,7,9-10,13H,4,6,8H2,1-3H3. The molecule has 0 radical (unpaired) electrons. The zero-order valence-electron chi connectivity index (χ0n) is 10.2. The summed E-state index contributed by atoms with van der Waals surface area (Å²) in [5, 5.41) is 7.63. The van der Waals surface area contributed by atoms with Crippen LogP contribution in [0.15, 0.2) is 16.8 Å². The molecular formula is C12H20N2OS. The van der Waals surface area contributed by atoms with E-state index in [1.54, 1.807) is 30.3 Å². The van der Waals surface area contributed by atoms with Crippen molar-refractivity contribution in [1.82, 2.24) is 10.2 Å². The Morgan fingerprint density at radius 1 is 1.56 bits per heavy atom. The van der Waals surface area contributed by atoms with Gasteiger partial charge in [0.05, 0.1) is 0 Å². The maximum absolute atomic E-state index is 11.3. The average molecular weight is 240 g/mol. The highest BCUT2D eigenvalue weighted by molar-refractivity contribution is 7.07. The van der Waals surface area contributed by atoms with Crippen LogP contribution in [0.5, 0.6) is 0 Å². The molecule has 0 fully saturated rings. The molecular weight excluding hydrogens is 220 g/mol. The SMILES string of the molecule is CC(Cc1ccsc1)NCCC(=O)N(C)C. The predicted molar refractivity (Wildman–Crippen MR) is 68.8 cm³/mol. The van der Waals surface area contributed by atoms with E-state index in [0.29, 0.717) is 12.5 Å². The summed E-state index contributed by atoms with van der Waals surface area (Å²) in [6.45, 7) is 2.90. The summed E-state index contributed by atoms with van der Waals surface area (Å²) in [6, 6.07) is 2.57. The third kappa shape index (κ3) is 4.77. The van der Waals surface area contributed by atoms with Gasteiger partial charge in [0.1, 0.15) is 0 Å². The Morgan fingerprint density at radius 3 is 2.88 bits per heavy atom. The molecule has 4 heteroatoms. The van der Waals surface area contributed by atoms with Crippen molar-refractivity contribution in [3.05, 3.63) is 22.4 Å². The Morgan fingerprint density at radius 2 is 2.31 bits per heavy atom. The molecule has 1 atom stereocenters. The number of carbonyl (C=O) groups excluding carboxylic acids is 1. The fraction of sp³-hybridized carbons (Fsp3) is 0.583. The number of hydrogen-bond acceptors (Lipinski definition) is 3. The first-order valence-electron chi connectivity index (χ1n) is 5.54.